The predicted molar refractivity (Wildman–Crippen MR) is 119 cm³/mol. The van der Waals surface area contributed by atoms with Gasteiger partial charge in [0.2, 0.25) is 0 Å². The van der Waals surface area contributed by atoms with Crippen LogP contribution in [0.5, 0.6) is 0 Å². The molecule has 0 bridgehead atoms. The lowest BCUT2D eigenvalue weighted by Gasteiger charge is -2.35. The first kappa shape index (κ1) is 20.9. The Morgan fingerprint density at radius 1 is 1.13 bits per heavy atom. The number of fused-ring (bicyclic) bond motifs is 1. The molecule has 4 heterocycles. The van der Waals surface area contributed by atoms with E-state index in [1.165, 1.54) is 5.39 Å². The van der Waals surface area contributed by atoms with Crippen LogP contribution >= 0.6 is 12.4 Å². The second-order valence-corrected chi connectivity index (χ2v) is 8.27. The number of para-hydroxylation sites is 1. The molecule has 2 fully saturated rings. The molecule has 2 aliphatic heterocycles. The molecule has 0 saturated carbocycles. The minimum absolute atomic E-state index is 0. The molecule has 1 amide bonds. The Labute approximate surface area is 182 Å². The quantitative estimate of drug-likeness (QED) is 0.665. The molecule has 2 saturated heterocycles. The highest BCUT2D eigenvalue weighted by Gasteiger charge is 2.33. The first-order valence-corrected chi connectivity index (χ1v) is 10.7. The fourth-order valence-corrected chi connectivity index (χ4v) is 4.85. The SMILES string of the molecule is Cc1c(C(=O)N2CCCCC2c2cc3ccccc3[nH]2)nnn1C1CCNCC1.Cl. The summed E-state index contributed by atoms with van der Waals surface area (Å²) in [5, 5.41) is 13.3. The summed E-state index contributed by atoms with van der Waals surface area (Å²) in [5.74, 6) is 0.00559. The molecule has 8 heteroatoms. The van der Waals surface area contributed by atoms with Crippen LogP contribution in [-0.2, 0) is 0 Å². The largest absolute Gasteiger partial charge is 0.357 e. The molecule has 7 nitrogen and oxygen atoms in total. The first-order valence-electron chi connectivity index (χ1n) is 10.7. The average molecular weight is 429 g/mol. The number of hydrogen-bond donors (Lipinski definition) is 2. The van der Waals surface area contributed by atoms with Crippen LogP contribution < -0.4 is 5.32 Å². The smallest absolute Gasteiger partial charge is 0.276 e. The van der Waals surface area contributed by atoms with Crippen molar-refractivity contribution in [2.45, 2.75) is 51.1 Å². The topological polar surface area (TPSA) is 78.8 Å². The highest BCUT2D eigenvalue weighted by Crippen LogP contribution is 2.33. The number of carbonyl (C=O) groups is 1. The first-order chi connectivity index (χ1) is 14.2. The second-order valence-electron chi connectivity index (χ2n) is 8.27. The maximum absolute atomic E-state index is 13.5. The number of amides is 1. The van der Waals surface area contributed by atoms with E-state index in [9.17, 15) is 4.79 Å². The molecule has 1 aromatic carbocycles. The Morgan fingerprint density at radius 2 is 1.93 bits per heavy atom. The van der Waals surface area contributed by atoms with E-state index in [0.29, 0.717) is 11.7 Å². The van der Waals surface area contributed by atoms with Crippen LogP contribution in [0.25, 0.3) is 10.9 Å². The van der Waals surface area contributed by atoms with Gasteiger partial charge >= 0.3 is 0 Å². The van der Waals surface area contributed by atoms with E-state index in [2.05, 4.69) is 38.8 Å². The highest BCUT2D eigenvalue weighted by molar-refractivity contribution is 5.93. The molecule has 160 valence electrons. The van der Waals surface area contributed by atoms with Crippen molar-refractivity contribution in [1.82, 2.24) is 30.2 Å². The fraction of sp³-hybridized carbons (Fsp3) is 0.500. The number of carbonyl (C=O) groups excluding carboxylic acids is 1. The Morgan fingerprint density at radius 3 is 2.73 bits per heavy atom. The lowest BCUT2D eigenvalue weighted by Crippen LogP contribution is -2.39. The number of rotatable bonds is 3. The third kappa shape index (κ3) is 3.72. The second kappa shape index (κ2) is 8.78. The number of hydrogen-bond acceptors (Lipinski definition) is 4. The van der Waals surface area contributed by atoms with Crippen molar-refractivity contribution < 1.29 is 4.79 Å². The summed E-state index contributed by atoms with van der Waals surface area (Å²) >= 11 is 0. The van der Waals surface area contributed by atoms with Gasteiger partial charge in [-0.3, -0.25) is 4.79 Å². The van der Waals surface area contributed by atoms with Gasteiger partial charge in [-0.1, -0.05) is 23.4 Å². The fourth-order valence-electron chi connectivity index (χ4n) is 4.85. The molecule has 5 rings (SSSR count). The van der Waals surface area contributed by atoms with Gasteiger partial charge in [0.1, 0.15) is 0 Å². The van der Waals surface area contributed by atoms with E-state index in [4.69, 9.17) is 0 Å². The van der Waals surface area contributed by atoms with E-state index in [0.717, 1.165) is 68.6 Å². The molecule has 1 unspecified atom stereocenters. The molecule has 2 aromatic heterocycles. The van der Waals surface area contributed by atoms with Crippen molar-refractivity contribution in [3.63, 3.8) is 0 Å². The number of halogens is 1. The zero-order valence-electron chi connectivity index (χ0n) is 17.3. The van der Waals surface area contributed by atoms with E-state index < -0.39 is 0 Å². The van der Waals surface area contributed by atoms with Gasteiger partial charge in [-0.05, 0) is 69.6 Å². The van der Waals surface area contributed by atoms with Crippen molar-refractivity contribution in [3.05, 3.63) is 47.4 Å². The van der Waals surface area contributed by atoms with Crippen molar-refractivity contribution in [1.29, 1.82) is 0 Å². The van der Waals surface area contributed by atoms with Gasteiger partial charge in [0, 0.05) is 17.8 Å². The van der Waals surface area contributed by atoms with Gasteiger partial charge < -0.3 is 15.2 Å². The number of nitrogens with one attached hydrogen (secondary N) is 2. The number of nitrogens with zero attached hydrogens (tertiary/aromatic N) is 4. The van der Waals surface area contributed by atoms with Crippen LogP contribution in [-0.4, -0.2) is 50.4 Å². The highest BCUT2D eigenvalue weighted by atomic mass is 35.5. The molecule has 2 N–H and O–H groups in total. The van der Waals surface area contributed by atoms with E-state index in [1.807, 2.05) is 28.6 Å². The lowest BCUT2D eigenvalue weighted by atomic mass is 9.98. The Kier molecular flexibility index (Phi) is 6.11. The Hall–Kier alpha value is -2.38. The normalized spacial score (nSPS) is 20.3. The van der Waals surface area contributed by atoms with Crippen molar-refractivity contribution in [3.8, 4) is 0 Å². The number of piperidine rings is 2. The molecule has 30 heavy (non-hydrogen) atoms. The Balaban J connectivity index is 0.00000218. The van der Waals surface area contributed by atoms with Gasteiger partial charge in [0.05, 0.1) is 17.8 Å². The molecule has 1 atom stereocenters. The van der Waals surface area contributed by atoms with E-state index in [1.54, 1.807) is 0 Å². The standard InChI is InChI=1S/C22H28N6O.ClH/c1-15-21(25-26-28(15)17-9-11-23-12-10-17)22(29)27-13-5-4-8-20(27)19-14-16-6-2-3-7-18(16)24-19;/h2-3,6-7,14,17,20,23-24H,4-5,8-13H2,1H3;1H. The predicted octanol–water partition coefficient (Wildman–Crippen LogP) is 3.78. The third-order valence-corrected chi connectivity index (χ3v) is 6.46. The third-order valence-electron chi connectivity index (χ3n) is 6.46. The van der Waals surface area contributed by atoms with Gasteiger partial charge in [-0.15, -0.1) is 17.5 Å². The van der Waals surface area contributed by atoms with Crippen LogP contribution in [0.15, 0.2) is 30.3 Å². The molecule has 0 aliphatic carbocycles. The number of H-pyrrole nitrogens is 1. The van der Waals surface area contributed by atoms with Crippen molar-refractivity contribution in [2.24, 2.45) is 0 Å². The van der Waals surface area contributed by atoms with Crippen molar-refractivity contribution in [2.75, 3.05) is 19.6 Å². The summed E-state index contributed by atoms with van der Waals surface area (Å²) in [6.45, 7) is 4.72. The molecular weight excluding hydrogens is 400 g/mol. The van der Waals surface area contributed by atoms with Crippen LogP contribution in [0, 0.1) is 6.92 Å². The number of benzene rings is 1. The van der Waals surface area contributed by atoms with E-state index >= 15 is 0 Å². The average Bonchev–Trinajstić information content (AvgIpc) is 3.37. The van der Waals surface area contributed by atoms with Gasteiger partial charge in [-0.25, -0.2) is 4.68 Å². The zero-order chi connectivity index (χ0) is 19.8. The Bertz CT molecular complexity index is 989. The van der Waals surface area contributed by atoms with Crippen LogP contribution in [0.1, 0.15) is 66.1 Å². The van der Waals surface area contributed by atoms with Crippen LogP contribution in [0.2, 0.25) is 0 Å². The molecular formula is C22H29ClN6O. The molecule has 3 aromatic rings. The van der Waals surface area contributed by atoms with Gasteiger partial charge in [0.15, 0.2) is 5.69 Å². The van der Waals surface area contributed by atoms with Gasteiger partial charge in [0.25, 0.3) is 5.91 Å². The van der Waals surface area contributed by atoms with Crippen LogP contribution in [0.4, 0.5) is 0 Å². The number of aromatic amines is 1. The summed E-state index contributed by atoms with van der Waals surface area (Å²) in [5.41, 5.74) is 3.63. The van der Waals surface area contributed by atoms with Gasteiger partial charge in [-0.2, -0.15) is 0 Å². The zero-order valence-corrected chi connectivity index (χ0v) is 18.1. The summed E-state index contributed by atoms with van der Waals surface area (Å²) in [6.07, 6.45) is 5.19. The number of likely N-dealkylation sites (tertiary alicyclic amines) is 1. The maximum Gasteiger partial charge on any atom is 0.276 e. The molecule has 2 aliphatic rings. The summed E-state index contributed by atoms with van der Waals surface area (Å²) in [6, 6.07) is 10.9. The summed E-state index contributed by atoms with van der Waals surface area (Å²) < 4.78 is 1.97. The maximum atomic E-state index is 13.5. The van der Waals surface area contributed by atoms with Crippen LogP contribution in [0.3, 0.4) is 0 Å². The lowest BCUT2D eigenvalue weighted by molar-refractivity contribution is 0.0600. The monoisotopic (exact) mass is 428 g/mol. The minimum Gasteiger partial charge on any atom is -0.357 e. The van der Waals surface area contributed by atoms with Crippen molar-refractivity contribution >= 4 is 29.2 Å². The summed E-state index contributed by atoms with van der Waals surface area (Å²) in [4.78, 5) is 19.0. The summed E-state index contributed by atoms with van der Waals surface area (Å²) in [7, 11) is 0. The number of aromatic nitrogens is 4. The molecule has 0 radical (unpaired) electrons. The van der Waals surface area contributed by atoms with E-state index in [-0.39, 0.29) is 24.4 Å². The minimum atomic E-state index is 0. The molecule has 0 spiro atoms.